The van der Waals surface area contributed by atoms with E-state index in [1.807, 2.05) is 0 Å². The van der Waals surface area contributed by atoms with Crippen LogP contribution in [0.1, 0.15) is 65.2 Å². The molecule has 0 aromatic heterocycles. The second-order valence-electron chi connectivity index (χ2n) is 3.45. The summed E-state index contributed by atoms with van der Waals surface area (Å²) in [6.45, 7) is 4.34. The van der Waals surface area contributed by atoms with Crippen molar-refractivity contribution in [3.63, 3.8) is 0 Å². The van der Waals surface area contributed by atoms with Crippen LogP contribution >= 0.6 is 9.90 Å². The fraction of sp³-hybridized carbons (Fsp3) is 0.909. The van der Waals surface area contributed by atoms with Crippen LogP contribution in [-0.2, 0) is 4.79 Å². The van der Waals surface area contributed by atoms with Crippen molar-refractivity contribution >= 4 is 15.7 Å². The monoisotopic (exact) mass is 204 g/mol. The summed E-state index contributed by atoms with van der Waals surface area (Å²) in [4.78, 5) is 11.2. The largest absolute Gasteiger partial charge is 0.300 e. The second-order valence-corrected chi connectivity index (χ2v) is 3.45. The highest BCUT2D eigenvalue weighted by molar-refractivity contribution is 6.92. The van der Waals surface area contributed by atoms with Crippen LogP contribution in [0.15, 0.2) is 0 Å². The molecule has 1 unspecified atom stereocenters. The standard InChI is InChI=1S/C11H22O.H3P/c1-3-5-7-9-11(12)10-8-6-4-2;/h3-10H2,1-2H3;1H3. The highest BCUT2D eigenvalue weighted by Gasteiger charge is 1.99. The van der Waals surface area contributed by atoms with Gasteiger partial charge < -0.3 is 0 Å². The van der Waals surface area contributed by atoms with Gasteiger partial charge in [-0.1, -0.05) is 39.5 Å². The minimum atomic E-state index is 0. The molecule has 13 heavy (non-hydrogen) atoms. The molecule has 0 spiro atoms. The lowest BCUT2D eigenvalue weighted by molar-refractivity contribution is -0.119. The molecule has 0 aliphatic carbocycles. The second kappa shape index (κ2) is 12.1. The van der Waals surface area contributed by atoms with Gasteiger partial charge in [0.05, 0.1) is 0 Å². The molecule has 0 aromatic carbocycles. The van der Waals surface area contributed by atoms with Crippen LogP contribution in [0.25, 0.3) is 0 Å². The van der Waals surface area contributed by atoms with Gasteiger partial charge >= 0.3 is 0 Å². The fourth-order valence-electron chi connectivity index (χ4n) is 1.27. The Morgan fingerprint density at radius 3 is 1.54 bits per heavy atom. The molecule has 1 atom stereocenters. The van der Waals surface area contributed by atoms with E-state index >= 15 is 0 Å². The van der Waals surface area contributed by atoms with E-state index < -0.39 is 0 Å². The average Bonchev–Trinajstić information content (AvgIpc) is 2.06. The number of hydrogen-bond acceptors (Lipinski definition) is 1. The molecule has 0 rings (SSSR count). The number of unbranched alkanes of at least 4 members (excludes halogenated alkanes) is 4. The molecular weight excluding hydrogens is 179 g/mol. The van der Waals surface area contributed by atoms with Gasteiger partial charge in [-0.3, -0.25) is 4.79 Å². The van der Waals surface area contributed by atoms with Gasteiger partial charge in [0.25, 0.3) is 0 Å². The van der Waals surface area contributed by atoms with Crippen LogP contribution in [0.3, 0.4) is 0 Å². The number of hydrogen-bond donors (Lipinski definition) is 0. The van der Waals surface area contributed by atoms with E-state index in [-0.39, 0.29) is 9.90 Å². The van der Waals surface area contributed by atoms with Crippen LogP contribution < -0.4 is 0 Å². The van der Waals surface area contributed by atoms with Crippen molar-refractivity contribution in [2.24, 2.45) is 0 Å². The summed E-state index contributed by atoms with van der Waals surface area (Å²) in [6, 6.07) is 0. The molecule has 0 saturated carbocycles. The van der Waals surface area contributed by atoms with Crippen LogP contribution in [0, 0.1) is 0 Å². The maximum atomic E-state index is 11.2. The SMILES string of the molecule is CCCCCC(=O)CCCCC.P. The summed E-state index contributed by atoms with van der Waals surface area (Å²) in [5.74, 6) is 0.469. The number of carbonyl (C=O) groups is 1. The van der Waals surface area contributed by atoms with E-state index in [0.717, 1.165) is 25.7 Å². The molecule has 0 heterocycles. The molecule has 0 aliphatic rings. The van der Waals surface area contributed by atoms with Gasteiger partial charge in [0.2, 0.25) is 0 Å². The van der Waals surface area contributed by atoms with Gasteiger partial charge in [0.15, 0.2) is 0 Å². The topological polar surface area (TPSA) is 17.1 Å². The molecule has 2 heteroatoms. The normalized spacial score (nSPS) is 9.38. The first-order chi connectivity index (χ1) is 5.81. The Hall–Kier alpha value is 0.100. The molecule has 0 aromatic rings. The Kier molecular flexibility index (Phi) is 14.5. The Morgan fingerprint density at radius 2 is 1.23 bits per heavy atom. The Labute approximate surface area is 86.3 Å². The van der Waals surface area contributed by atoms with Gasteiger partial charge in [-0.2, -0.15) is 9.90 Å². The van der Waals surface area contributed by atoms with Crippen molar-refractivity contribution < 1.29 is 4.79 Å². The minimum Gasteiger partial charge on any atom is -0.300 e. The fourth-order valence-corrected chi connectivity index (χ4v) is 1.27. The van der Waals surface area contributed by atoms with Gasteiger partial charge in [-0.05, 0) is 12.8 Å². The summed E-state index contributed by atoms with van der Waals surface area (Å²) < 4.78 is 0. The molecule has 0 amide bonds. The van der Waals surface area contributed by atoms with E-state index in [9.17, 15) is 4.79 Å². The lowest BCUT2D eigenvalue weighted by Gasteiger charge is -1.98. The smallest absolute Gasteiger partial charge is 0.132 e. The lowest BCUT2D eigenvalue weighted by atomic mass is 10.1. The number of ketones is 1. The van der Waals surface area contributed by atoms with E-state index in [2.05, 4.69) is 13.8 Å². The summed E-state index contributed by atoms with van der Waals surface area (Å²) >= 11 is 0. The highest BCUT2D eigenvalue weighted by atomic mass is 31.0. The molecule has 0 N–H and O–H groups in total. The number of rotatable bonds is 8. The molecule has 0 radical (unpaired) electrons. The van der Waals surface area contributed by atoms with Gasteiger partial charge in [-0.15, -0.1) is 0 Å². The lowest BCUT2D eigenvalue weighted by Crippen LogP contribution is -1.96. The summed E-state index contributed by atoms with van der Waals surface area (Å²) in [5, 5.41) is 0. The van der Waals surface area contributed by atoms with E-state index in [4.69, 9.17) is 0 Å². The highest BCUT2D eigenvalue weighted by Crippen LogP contribution is 2.05. The first kappa shape index (κ1) is 15.6. The first-order valence-electron chi connectivity index (χ1n) is 5.33. The zero-order valence-electron chi connectivity index (χ0n) is 9.27. The van der Waals surface area contributed by atoms with Crippen molar-refractivity contribution in [2.75, 3.05) is 0 Å². The molecule has 0 fully saturated rings. The minimum absolute atomic E-state index is 0. The van der Waals surface area contributed by atoms with Crippen LogP contribution in [0.5, 0.6) is 0 Å². The van der Waals surface area contributed by atoms with Crippen molar-refractivity contribution in [1.29, 1.82) is 0 Å². The quantitative estimate of drug-likeness (QED) is 0.434. The van der Waals surface area contributed by atoms with E-state index in [0.29, 0.717) is 5.78 Å². The van der Waals surface area contributed by atoms with E-state index in [1.165, 1.54) is 25.7 Å². The predicted octanol–water partition coefficient (Wildman–Crippen LogP) is 3.77. The van der Waals surface area contributed by atoms with Crippen molar-refractivity contribution in [1.82, 2.24) is 0 Å². The zero-order valence-corrected chi connectivity index (χ0v) is 10.7. The van der Waals surface area contributed by atoms with Crippen molar-refractivity contribution in [2.45, 2.75) is 65.2 Å². The average molecular weight is 204 g/mol. The van der Waals surface area contributed by atoms with Crippen molar-refractivity contribution in [3.8, 4) is 0 Å². The van der Waals surface area contributed by atoms with Gasteiger partial charge in [0.1, 0.15) is 5.78 Å². The van der Waals surface area contributed by atoms with Gasteiger partial charge in [0, 0.05) is 12.8 Å². The first-order valence-corrected chi connectivity index (χ1v) is 5.33. The summed E-state index contributed by atoms with van der Waals surface area (Å²) in [7, 11) is 0. The molecule has 1 nitrogen and oxygen atoms in total. The predicted molar refractivity (Wildman–Crippen MR) is 64.4 cm³/mol. The van der Waals surface area contributed by atoms with Gasteiger partial charge in [-0.25, -0.2) is 0 Å². The summed E-state index contributed by atoms with van der Waals surface area (Å²) in [6.07, 6.45) is 8.67. The van der Waals surface area contributed by atoms with Crippen LogP contribution in [0.4, 0.5) is 0 Å². The number of Topliss-reactive ketones (excluding diaryl/α,β-unsaturated/α-hetero) is 1. The summed E-state index contributed by atoms with van der Waals surface area (Å²) in [5.41, 5.74) is 0. The third-order valence-corrected chi connectivity index (χ3v) is 2.12. The van der Waals surface area contributed by atoms with E-state index in [1.54, 1.807) is 0 Å². The molecule has 0 saturated heterocycles. The molecular formula is C11H25OP. The maximum Gasteiger partial charge on any atom is 0.132 e. The van der Waals surface area contributed by atoms with Crippen LogP contribution in [0.2, 0.25) is 0 Å². The molecule has 0 bridgehead atoms. The van der Waals surface area contributed by atoms with Crippen molar-refractivity contribution in [3.05, 3.63) is 0 Å². The maximum absolute atomic E-state index is 11.2. The Morgan fingerprint density at radius 1 is 0.846 bits per heavy atom. The Balaban J connectivity index is 0. The Bertz CT molecular complexity index is 101. The molecule has 0 aliphatic heterocycles. The zero-order chi connectivity index (χ0) is 9.23. The number of carbonyl (C=O) groups excluding carboxylic acids is 1. The molecule has 80 valence electrons. The van der Waals surface area contributed by atoms with Crippen LogP contribution in [-0.4, -0.2) is 5.78 Å². The third kappa shape index (κ3) is 12.1. The third-order valence-electron chi connectivity index (χ3n) is 2.12.